The van der Waals surface area contributed by atoms with Crippen molar-refractivity contribution < 1.29 is 4.39 Å². The highest BCUT2D eigenvalue weighted by molar-refractivity contribution is 9.10. The lowest BCUT2D eigenvalue weighted by atomic mass is 9.84. The Morgan fingerprint density at radius 1 is 1.45 bits per heavy atom. The maximum Gasteiger partial charge on any atom is 0.178 e. The molecular weight excluding hydrogens is 339 g/mol. The number of rotatable bonds is 2. The van der Waals surface area contributed by atoms with Gasteiger partial charge in [0, 0.05) is 12.1 Å². The van der Waals surface area contributed by atoms with Crippen LogP contribution in [0.3, 0.4) is 0 Å². The Bertz CT molecular complexity index is 691. The maximum absolute atomic E-state index is 13.6. The molecular formula is C15H18BrFN2S. The van der Waals surface area contributed by atoms with Gasteiger partial charge in [0.1, 0.15) is 5.82 Å². The van der Waals surface area contributed by atoms with Crippen molar-refractivity contribution in [3.05, 3.63) is 27.2 Å². The second kappa shape index (κ2) is 5.60. The van der Waals surface area contributed by atoms with Crippen LogP contribution >= 0.6 is 28.1 Å². The molecule has 1 N–H and O–H groups in total. The highest BCUT2D eigenvalue weighted by Gasteiger charge is 2.24. The third kappa shape index (κ3) is 2.46. The molecule has 108 valence electrons. The lowest BCUT2D eigenvalue weighted by molar-refractivity contribution is 0.263. The summed E-state index contributed by atoms with van der Waals surface area (Å²) >= 11 is 8.74. The summed E-state index contributed by atoms with van der Waals surface area (Å²) in [6.07, 6.45) is 6.13. The van der Waals surface area contributed by atoms with E-state index in [-0.39, 0.29) is 5.82 Å². The number of nitrogens with one attached hydrogen (secondary N) is 1. The van der Waals surface area contributed by atoms with Crippen molar-refractivity contribution in [1.82, 2.24) is 9.55 Å². The molecule has 3 rings (SSSR count). The van der Waals surface area contributed by atoms with Crippen molar-refractivity contribution in [2.75, 3.05) is 0 Å². The van der Waals surface area contributed by atoms with E-state index in [2.05, 4.69) is 32.4 Å². The second-order valence-corrected chi connectivity index (χ2v) is 6.92. The molecule has 20 heavy (non-hydrogen) atoms. The molecule has 2 unspecified atom stereocenters. The third-order valence-corrected chi connectivity index (χ3v) is 5.36. The highest BCUT2D eigenvalue weighted by Crippen LogP contribution is 2.36. The number of halogens is 2. The minimum Gasteiger partial charge on any atom is -0.330 e. The smallest absolute Gasteiger partial charge is 0.178 e. The first-order valence-corrected chi connectivity index (χ1v) is 8.39. The predicted octanol–water partition coefficient (Wildman–Crippen LogP) is 5.74. The molecule has 0 amide bonds. The van der Waals surface area contributed by atoms with Gasteiger partial charge in [0.15, 0.2) is 4.77 Å². The van der Waals surface area contributed by atoms with Gasteiger partial charge in [-0.3, -0.25) is 0 Å². The van der Waals surface area contributed by atoms with Crippen molar-refractivity contribution in [1.29, 1.82) is 0 Å². The molecule has 0 saturated heterocycles. The van der Waals surface area contributed by atoms with Gasteiger partial charge >= 0.3 is 0 Å². The largest absolute Gasteiger partial charge is 0.330 e. The third-order valence-electron chi connectivity index (χ3n) is 4.46. The SMILES string of the molecule is CCC1CCCC(n2c(=S)[nH]c3cc(F)c(Br)cc32)C1. The molecule has 0 radical (unpaired) electrons. The van der Waals surface area contributed by atoms with Crippen LogP contribution in [0.15, 0.2) is 16.6 Å². The van der Waals surface area contributed by atoms with E-state index < -0.39 is 0 Å². The van der Waals surface area contributed by atoms with Gasteiger partial charge in [-0.15, -0.1) is 0 Å². The summed E-state index contributed by atoms with van der Waals surface area (Å²) in [5, 5.41) is 0. The Hall–Kier alpha value is -0.680. The molecule has 2 atom stereocenters. The Morgan fingerprint density at radius 3 is 3.00 bits per heavy atom. The number of imidazole rings is 1. The predicted molar refractivity (Wildman–Crippen MR) is 86.1 cm³/mol. The van der Waals surface area contributed by atoms with Crippen LogP contribution in [-0.4, -0.2) is 9.55 Å². The van der Waals surface area contributed by atoms with E-state index in [1.165, 1.54) is 31.7 Å². The number of aromatic nitrogens is 2. The van der Waals surface area contributed by atoms with Crippen LogP contribution in [0.25, 0.3) is 11.0 Å². The standard InChI is InChI=1S/C15H18BrFN2S/c1-2-9-4-3-5-10(6-9)19-14-7-11(16)12(17)8-13(14)18-15(19)20/h7-10H,2-6H2,1H3,(H,18,20). The van der Waals surface area contributed by atoms with E-state index in [1.54, 1.807) is 0 Å². The van der Waals surface area contributed by atoms with Gasteiger partial charge in [-0.1, -0.05) is 26.2 Å². The van der Waals surface area contributed by atoms with E-state index in [9.17, 15) is 4.39 Å². The van der Waals surface area contributed by atoms with E-state index in [1.807, 2.05) is 6.07 Å². The molecule has 1 aliphatic carbocycles. The van der Waals surface area contributed by atoms with Crippen molar-refractivity contribution in [2.45, 2.75) is 45.1 Å². The van der Waals surface area contributed by atoms with Gasteiger partial charge in [0.25, 0.3) is 0 Å². The fourth-order valence-electron chi connectivity index (χ4n) is 3.35. The zero-order valence-electron chi connectivity index (χ0n) is 11.5. The number of nitrogens with zero attached hydrogens (tertiary/aromatic N) is 1. The molecule has 1 heterocycles. The summed E-state index contributed by atoms with van der Waals surface area (Å²) in [5.74, 6) is 0.528. The molecule has 1 aromatic carbocycles. The molecule has 1 fully saturated rings. The van der Waals surface area contributed by atoms with Gasteiger partial charge in [-0.05, 0) is 53.0 Å². The quantitative estimate of drug-likeness (QED) is 0.680. The summed E-state index contributed by atoms with van der Waals surface area (Å²) in [7, 11) is 0. The monoisotopic (exact) mass is 356 g/mol. The van der Waals surface area contributed by atoms with Crippen molar-refractivity contribution in [3.8, 4) is 0 Å². The topological polar surface area (TPSA) is 20.7 Å². The molecule has 1 aliphatic rings. The first kappa shape index (κ1) is 14.3. The zero-order valence-corrected chi connectivity index (χ0v) is 13.9. The van der Waals surface area contributed by atoms with Crippen LogP contribution in [0.4, 0.5) is 4.39 Å². The van der Waals surface area contributed by atoms with E-state index >= 15 is 0 Å². The van der Waals surface area contributed by atoms with Crippen LogP contribution in [0.1, 0.15) is 45.1 Å². The average Bonchev–Trinajstić information content (AvgIpc) is 2.74. The summed E-state index contributed by atoms with van der Waals surface area (Å²) in [6.45, 7) is 2.26. The molecule has 5 heteroatoms. The summed E-state index contributed by atoms with van der Waals surface area (Å²) in [6, 6.07) is 3.80. The van der Waals surface area contributed by atoms with Crippen molar-refractivity contribution in [3.63, 3.8) is 0 Å². The van der Waals surface area contributed by atoms with Crippen molar-refractivity contribution >= 4 is 39.2 Å². The number of hydrogen-bond acceptors (Lipinski definition) is 1. The molecule has 2 nitrogen and oxygen atoms in total. The Balaban J connectivity index is 2.08. The fraction of sp³-hybridized carbons (Fsp3) is 0.533. The first-order valence-electron chi connectivity index (χ1n) is 7.19. The summed E-state index contributed by atoms with van der Waals surface area (Å²) in [5.41, 5.74) is 1.79. The molecule has 2 aromatic rings. The number of aromatic amines is 1. The van der Waals surface area contributed by atoms with Crippen LogP contribution in [-0.2, 0) is 0 Å². The summed E-state index contributed by atoms with van der Waals surface area (Å²) in [4.78, 5) is 3.14. The zero-order chi connectivity index (χ0) is 14.3. The molecule has 0 aliphatic heterocycles. The van der Waals surface area contributed by atoms with Crippen LogP contribution < -0.4 is 0 Å². The minimum absolute atomic E-state index is 0.254. The second-order valence-electron chi connectivity index (χ2n) is 5.68. The van der Waals surface area contributed by atoms with Crippen LogP contribution in [0, 0.1) is 16.5 Å². The van der Waals surface area contributed by atoms with Crippen molar-refractivity contribution in [2.24, 2.45) is 5.92 Å². The number of hydrogen-bond donors (Lipinski definition) is 1. The summed E-state index contributed by atoms with van der Waals surface area (Å²) < 4.78 is 17.0. The van der Waals surface area contributed by atoms with E-state index in [0.29, 0.717) is 15.3 Å². The van der Waals surface area contributed by atoms with E-state index in [4.69, 9.17) is 12.2 Å². The van der Waals surface area contributed by atoms with Gasteiger partial charge in [0.05, 0.1) is 15.5 Å². The van der Waals surface area contributed by atoms with Crippen LogP contribution in [0.5, 0.6) is 0 Å². The number of benzene rings is 1. The Labute approximate surface area is 131 Å². The first-order chi connectivity index (χ1) is 9.60. The highest BCUT2D eigenvalue weighted by atomic mass is 79.9. The fourth-order valence-corrected chi connectivity index (χ4v) is 4.04. The normalized spacial score (nSPS) is 23.4. The van der Waals surface area contributed by atoms with Gasteiger partial charge in [-0.2, -0.15) is 0 Å². The molecule has 1 aromatic heterocycles. The van der Waals surface area contributed by atoms with E-state index in [0.717, 1.165) is 23.4 Å². The lowest BCUT2D eigenvalue weighted by Crippen LogP contribution is -2.19. The molecule has 1 saturated carbocycles. The average molecular weight is 357 g/mol. The maximum atomic E-state index is 13.6. The lowest BCUT2D eigenvalue weighted by Gasteiger charge is -2.29. The van der Waals surface area contributed by atoms with Gasteiger partial charge in [0.2, 0.25) is 0 Å². The Morgan fingerprint density at radius 2 is 2.25 bits per heavy atom. The minimum atomic E-state index is -0.254. The Kier molecular flexibility index (Phi) is 4.00. The van der Waals surface area contributed by atoms with Gasteiger partial charge < -0.3 is 9.55 Å². The number of H-pyrrole nitrogens is 1. The number of fused-ring (bicyclic) bond motifs is 1. The van der Waals surface area contributed by atoms with Crippen LogP contribution in [0.2, 0.25) is 0 Å². The molecule has 0 spiro atoms. The van der Waals surface area contributed by atoms with Gasteiger partial charge in [-0.25, -0.2) is 4.39 Å². The molecule has 0 bridgehead atoms.